The molecule has 0 saturated carbocycles. The van der Waals surface area contributed by atoms with Crippen LogP contribution in [0.25, 0.3) is 0 Å². The summed E-state index contributed by atoms with van der Waals surface area (Å²) in [6, 6.07) is 1.88. The van der Waals surface area contributed by atoms with Gasteiger partial charge in [-0.05, 0) is 18.4 Å². The molecule has 1 heterocycles. The zero-order valence-corrected chi connectivity index (χ0v) is 10.2. The van der Waals surface area contributed by atoms with E-state index in [1.54, 1.807) is 24.4 Å². The van der Waals surface area contributed by atoms with Gasteiger partial charge in [0.2, 0.25) is 0 Å². The molecule has 1 rings (SSSR count). The lowest BCUT2D eigenvalue weighted by atomic mass is 10.2. The van der Waals surface area contributed by atoms with Gasteiger partial charge in [0.05, 0.1) is 0 Å². The largest absolute Gasteiger partial charge is 0.479 e. The fourth-order valence-electron chi connectivity index (χ4n) is 1.12. The number of nitrogens with one attached hydrogen (secondary N) is 2. The fraction of sp³-hybridized carbons (Fsp3) is 0.273. The van der Waals surface area contributed by atoms with Gasteiger partial charge in [0.25, 0.3) is 0 Å². The maximum atomic E-state index is 11.4. The van der Waals surface area contributed by atoms with Crippen molar-refractivity contribution in [3.05, 3.63) is 34.5 Å². The van der Waals surface area contributed by atoms with Gasteiger partial charge in [-0.3, -0.25) is 0 Å². The summed E-state index contributed by atoms with van der Waals surface area (Å²) in [5.74, 6) is -1.09. The standard InChI is InChI=1S/C11H14N2O3S/c1-7(2)6-12-11(16)13-9(10(14)15)8-4-3-5-17-8/h3-5,9H,1,6H2,2H3,(H,14,15)(H2,12,13,16). The molecule has 1 unspecified atom stereocenters. The molecule has 0 bridgehead atoms. The minimum absolute atomic E-state index is 0.322. The van der Waals surface area contributed by atoms with Crippen LogP contribution in [0.2, 0.25) is 0 Å². The van der Waals surface area contributed by atoms with Crippen molar-refractivity contribution in [2.45, 2.75) is 13.0 Å². The monoisotopic (exact) mass is 254 g/mol. The Labute approximate surface area is 103 Å². The van der Waals surface area contributed by atoms with Gasteiger partial charge >= 0.3 is 12.0 Å². The fourth-order valence-corrected chi connectivity index (χ4v) is 1.89. The Kier molecular flexibility index (Phi) is 4.71. The number of carbonyl (C=O) groups excluding carboxylic acids is 1. The molecule has 0 fully saturated rings. The quantitative estimate of drug-likeness (QED) is 0.700. The third-order valence-electron chi connectivity index (χ3n) is 1.90. The number of carbonyl (C=O) groups is 2. The molecule has 6 heteroatoms. The molecule has 0 aliphatic rings. The highest BCUT2D eigenvalue weighted by atomic mass is 32.1. The molecule has 0 aliphatic heterocycles. The van der Waals surface area contributed by atoms with Crippen LogP contribution in [-0.4, -0.2) is 23.7 Å². The predicted octanol–water partition coefficient (Wildman–Crippen LogP) is 1.75. The van der Waals surface area contributed by atoms with Crippen LogP contribution in [0.4, 0.5) is 4.79 Å². The smallest absolute Gasteiger partial charge is 0.331 e. The van der Waals surface area contributed by atoms with Gasteiger partial charge in [0.15, 0.2) is 6.04 Å². The summed E-state index contributed by atoms with van der Waals surface area (Å²) in [5.41, 5.74) is 0.795. The molecule has 3 N–H and O–H groups in total. The van der Waals surface area contributed by atoms with Crippen molar-refractivity contribution in [1.29, 1.82) is 0 Å². The van der Waals surface area contributed by atoms with Crippen molar-refractivity contribution >= 4 is 23.3 Å². The maximum absolute atomic E-state index is 11.4. The second-order valence-electron chi connectivity index (χ2n) is 3.57. The average Bonchev–Trinajstić information content (AvgIpc) is 2.75. The highest BCUT2D eigenvalue weighted by Gasteiger charge is 2.22. The number of rotatable bonds is 5. The second-order valence-corrected chi connectivity index (χ2v) is 4.55. The Morgan fingerprint density at radius 1 is 1.59 bits per heavy atom. The summed E-state index contributed by atoms with van der Waals surface area (Å²) in [4.78, 5) is 23.0. The van der Waals surface area contributed by atoms with Gasteiger partial charge in [0, 0.05) is 11.4 Å². The third-order valence-corrected chi connectivity index (χ3v) is 2.84. The molecule has 0 spiro atoms. The van der Waals surface area contributed by atoms with E-state index in [1.165, 1.54) is 11.3 Å². The van der Waals surface area contributed by atoms with Gasteiger partial charge in [0.1, 0.15) is 0 Å². The van der Waals surface area contributed by atoms with E-state index in [0.29, 0.717) is 11.4 Å². The molecular formula is C11H14N2O3S. The summed E-state index contributed by atoms with van der Waals surface area (Å²) < 4.78 is 0. The van der Waals surface area contributed by atoms with E-state index in [4.69, 9.17) is 5.11 Å². The van der Waals surface area contributed by atoms with E-state index in [-0.39, 0.29) is 0 Å². The molecule has 1 atom stereocenters. The van der Waals surface area contributed by atoms with Crippen molar-refractivity contribution in [3.8, 4) is 0 Å². The first-order valence-electron chi connectivity index (χ1n) is 4.95. The van der Waals surface area contributed by atoms with E-state index in [2.05, 4.69) is 17.2 Å². The van der Waals surface area contributed by atoms with Crippen LogP contribution in [0, 0.1) is 0 Å². The van der Waals surface area contributed by atoms with Crippen LogP contribution in [-0.2, 0) is 4.79 Å². The van der Waals surface area contributed by atoms with Gasteiger partial charge in [-0.15, -0.1) is 11.3 Å². The highest BCUT2D eigenvalue weighted by molar-refractivity contribution is 7.10. The minimum atomic E-state index is -1.09. The highest BCUT2D eigenvalue weighted by Crippen LogP contribution is 2.18. The lowest BCUT2D eigenvalue weighted by Gasteiger charge is -2.13. The average molecular weight is 254 g/mol. The third kappa shape index (κ3) is 4.28. The zero-order valence-electron chi connectivity index (χ0n) is 9.40. The van der Waals surface area contributed by atoms with Crippen LogP contribution in [0.1, 0.15) is 17.8 Å². The Bertz CT molecular complexity index is 414. The van der Waals surface area contributed by atoms with Crippen LogP contribution in [0.15, 0.2) is 29.7 Å². The lowest BCUT2D eigenvalue weighted by Crippen LogP contribution is -2.41. The summed E-state index contributed by atoms with van der Waals surface area (Å²) in [5, 5.41) is 15.7. The summed E-state index contributed by atoms with van der Waals surface area (Å²) in [6.45, 7) is 5.73. The SMILES string of the molecule is C=C(C)CNC(=O)NC(C(=O)O)c1cccs1. The molecule has 5 nitrogen and oxygen atoms in total. The number of carboxylic acids is 1. The first-order valence-corrected chi connectivity index (χ1v) is 5.83. The summed E-state index contributed by atoms with van der Waals surface area (Å²) in [6.07, 6.45) is 0. The van der Waals surface area contributed by atoms with Crippen molar-refractivity contribution < 1.29 is 14.7 Å². The Hall–Kier alpha value is -1.82. The van der Waals surface area contributed by atoms with Crippen LogP contribution in [0.5, 0.6) is 0 Å². The van der Waals surface area contributed by atoms with Crippen molar-refractivity contribution in [1.82, 2.24) is 10.6 Å². The van der Waals surface area contributed by atoms with Gasteiger partial charge in [-0.25, -0.2) is 9.59 Å². The zero-order chi connectivity index (χ0) is 12.8. The molecular weight excluding hydrogens is 240 g/mol. The normalized spacial score (nSPS) is 11.6. The summed E-state index contributed by atoms with van der Waals surface area (Å²) >= 11 is 1.28. The van der Waals surface area contributed by atoms with E-state index in [0.717, 1.165) is 5.57 Å². The molecule has 0 aromatic carbocycles. The van der Waals surface area contributed by atoms with Crippen LogP contribution < -0.4 is 10.6 Å². The van der Waals surface area contributed by atoms with E-state index in [9.17, 15) is 9.59 Å². The first kappa shape index (κ1) is 13.2. The van der Waals surface area contributed by atoms with E-state index < -0.39 is 18.0 Å². The Balaban J connectivity index is 2.59. The summed E-state index contributed by atoms with van der Waals surface area (Å²) in [7, 11) is 0. The van der Waals surface area contributed by atoms with Gasteiger partial charge < -0.3 is 15.7 Å². The molecule has 2 amide bonds. The molecule has 0 radical (unpaired) electrons. The molecule has 0 saturated heterocycles. The molecule has 1 aromatic heterocycles. The van der Waals surface area contributed by atoms with Crippen molar-refractivity contribution in [2.75, 3.05) is 6.54 Å². The van der Waals surface area contributed by atoms with Crippen LogP contribution in [0.3, 0.4) is 0 Å². The Morgan fingerprint density at radius 3 is 2.76 bits per heavy atom. The molecule has 0 aliphatic carbocycles. The van der Waals surface area contributed by atoms with Crippen molar-refractivity contribution in [3.63, 3.8) is 0 Å². The molecule has 1 aromatic rings. The first-order chi connectivity index (χ1) is 8.00. The predicted molar refractivity (Wildman–Crippen MR) is 66.0 cm³/mol. The topological polar surface area (TPSA) is 78.4 Å². The number of hydrogen-bond donors (Lipinski definition) is 3. The Morgan fingerprint density at radius 2 is 2.29 bits per heavy atom. The van der Waals surface area contributed by atoms with Gasteiger partial charge in [-0.2, -0.15) is 0 Å². The van der Waals surface area contributed by atoms with E-state index >= 15 is 0 Å². The lowest BCUT2D eigenvalue weighted by molar-refractivity contribution is -0.139. The number of aliphatic carboxylic acids is 1. The number of thiophene rings is 1. The second kappa shape index (κ2) is 6.05. The van der Waals surface area contributed by atoms with Crippen molar-refractivity contribution in [2.24, 2.45) is 0 Å². The number of amides is 2. The molecule has 92 valence electrons. The van der Waals surface area contributed by atoms with Gasteiger partial charge in [-0.1, -0.05) is 18.2 Å². The number of carboxylic acid groups (broad SMARTS) is 1. The number of urea groups is 1. The van der Waals surface area contributed by atoms with Crippen LogP contribution >= 0.6 is 11.3 Å². The maximum Gasteiger partial charge on any atom is 0.331 e. The minimum Gasteiger partial charge on any atom is -0.479 e. The molecule has 17 heavy (non-hydrogen) atoms. The number of hydrogen-bond acceptors (Lipinski definition) is 3. The van der Waals surface area contributed by atoms with E-state index in [1.807, 2.05) is 0 Å².